The summed E-state index contributed by atoms with van der Waals surface area (Å²) in [4.78, 5) is 0. The van der Waals surface area contributed by atoms with Gasteiger partial charge in [0.1, 0.15) is 5.82 Å². The fraction of sp³-hybridized carbons (Fsp3) is 0.250. The fourth-order valence-corrected chi connectivity index (χ4v) is 1.50. The number of aromatic nitrogens is 2. The maximum absolute atomic E-state index is 13.2. The van der Waals surface area contributed by atoms with E-state index in [0.29, 0.717) is 12.2 Å². The SMILES string of the molecule is Cc1ccn(CCNc2ccccc2F)n1. The van der Waals surface area contributed by atoms with Crippen molar-refractivity contribution in [2.45, 2.75) is 13.5 Å². The Kier molecular flexibility index (Phi) is 3.19. The molecule has 0 unspecified atom stereocenters. The van der Waals surface area contributed by atoms with Crippen molar-refractivity contribution < 1.29 is 4.39 Å². The molecule has 4 heteroatoms. The first-order valence-electron chi connectivity index (χ1n) is 5.24. The van der Waals surface area contributed by atoms with Gasteiger partial charge < -0.3 is 5.32 Å². The fourth-order valence-electron chi connectivity index (χ4n) is 1.50. The number of halogens is 1. The molecule has 0 bridgehead atoms. The Morgan fingerprint density at radius 3 is 2.81 bits per heavy atom. The molecule has 0 fully saturated rings. The van der Waals surface area contributed by atoms with Crippen molar-refractivity contribution in [1.29, 1.82) is 0 Å². The molecule has 84 valence electrons. The lowest BCUT2D eigenvalue weighted by Gasteiger charge is -2.07. The highest BCUT2D eigenvalue weighted by molar-refractivity contribution is 5.44. The molecule has 0 aliphatic carbocycles. The van der Waals surface area contributed by atoms with Gasteiger partial charge in [-0.3, -0.25) is 4.68 Å². The molecule has 0 spiro atoms. The highest BCUT2D eigenvalue weighted by atomic mass is 19.1. The van der Waals surface area contributed by atoms with Crippen molar-refractivity contribution in [3.8, 4) is 0 Å². The molecule has 1 heterocycles. The van der Waals surface area contributed by atoms with Crippen molar-refractivity contribution in [3.05, 3.63) is 48.0 Å². The molecule has 0 saturated heterocycles. The first-order valence-corrected chi connectivity index (χ1v) is 5.24. The van der Waals surface area contributed by atoms with Crippen LogP contribution in [0.4, 0.5) is 10.1 Å². The number of nitrogens with zero attached hydrogens (tertiary/aromatic N) is 2. The van der Waals surface area contributed by atoms with E-state index in [0.717, 1.165) is 12.2 Å². The Hall–Kier alpha value is -1.84. The molecule has 1 aromatic carbocycles. The van der Waals surface area contributed by atoms with Crippen LogP contribution in [0.5, 0.6) is 0 Å². The third-order valence-electron chi connectivity index (χ3n) is 2.30. The summed E-state index contributed by atoms with van der Waals surface area (Å²) in [6.45, 7) is 3.32. The monoisotopic (exact) mass is 219 g/mol. The Labute approximate surface area is 93.9 Å². The first kappa shape index (κ1) is 10.7. The van der Waals surface area contributed by atoms with Gasteiger partial charge in [0, 0.05) is 12.7 Å². The molecule has 3 nitrogen and oxygen atoms in total. The number of para-hydroxylation sites is 1. The molecule has 2 aromatic rings. The van der Waals surface area contributed by atoms with E-state index in [1.807, 2.05) is 29.9 Å². The molecule has 2 rings (SSSR count). The lowest BCUT2D eigenvalue weighted by Crippen LogP contribution is -2.11. The van der Waals surface area contributed by atoms with Gasteiger partial charge in [0.15, 0.2) is 0 Å². The first-order chi connectivity index (χ1) is 7.75. The Morgan fingerprint density at radius 2 is 2.12 bits per heavy atom. The van der Waals surface area contributed by atoms with Crippen LogP contribution in [-0.4, -0.2) is 16.3 Å². The average molecular weight is 219 g/mol. The number of hydrogen-bond donors (Lipinski definition) is 1. The zero-order valence-corrected chi connectivity index (χ0v) is 9.15. The minimum atomic E-state index is -0.223. The van der Waals surface area contributed by atoms with Gasteiger partial charge in [-0.25, -0.2) is 4.39 Å². The molecule has 1 N–H and O–H groups in total. The average Bonchev–Trinajstić information content (AvgIpc) is 2.67. The van der Waals surface area contributed by atoms with Crippen molar-refractivity contribution >= 4 is 5.69 Å². The van der Waals surface area contributed by atoms with Crippen LogP contribution in [0.1, 0.15) is 5.69 Å². The van der Waals surface area contributed by atoms with Gasteiger partial charge in [0.25, 0.3) is 0 Å². The van der Waals surface area contributed by atoms with E-state index >= 15 is 0 Å². The number of aryl methyl sites for hydroxylation is 1. The van der Waals surface area contributed by atoms with E-state index in [4.69, 9.17) is 0 Å². The maximum Gasteiger partial charge on any atom is 0.146 e. The van der Waals surface area contributed by atoms with E-state index in [1.54, 1.807) is 12.1 Å². The molecule has 0 amide bonds. The number of nitrogens with one attached hydrogen (secondary N) is 1. The van der Waals surface area contributed by atoms with Gasteiger partial charge in [-0.05, 0) is 25.1 Å². The minimum Gasteiger partial charge on any atom is -0.381 e. The quantitative estimate of drug-likeness (QED) is 0.856. The van der Waals surface area contributed by atoms with Gasteiger partial charge >= 0.3 is 0 Å². The van der Waals surface area contributed by atoms with Gasteiger partial charge in [0.05, 0.1) is 17.9 Å². The van der Waals surface area contributed by atoms with Gasteiger partial charge in [-0.15, -0.1) is 0 Å². The number of rotatable bonds is 4. The van der Waals surface area contributed by atoms with Crippen LogP contribution >= 0.6 is 0 Å². The highest BCUT2D eigenvalue weighted by Gasteiger charge is 1.99. The summed E-state index contributed by atoms with van der Waals surface area (Å²) in [6.07, 6.45) is 1.92. The van der Waals surface area contributed by atoms with Crippen LogP contribution in [0.25, 0.3) is 0 Å². The van der Waals surface area contributed by atoms with Gasteiger partial charge in [0.2, 0.25) is 0 Å². The molecule has 0 atom stereocenters. The lowest BCUT2D eigenvalue weighted by atomic mass is 10.3. The van der Waals surface area contributed by atoms with Crippen LogP contribution in [0.3, 0.4) is 0 Å². The van der Waals surface area contributed by atoms with E-state index in [-0.39, 0.29) is 5.82 Å². The molecule has 0 aliphatic rings. The van der Waals surface area contributed by atoms with Gasteiger partial charge in [-0.2, -0.15) is 5.10 Å². The predicted octanol–water partition coefficient (Wildman–Crippen LogP) is 2.44. The van der Waals surface area contributed by atoms with E-state index in [2.05, 4.69) is 10.4 Å². The van der Waals surface area contributed by atoms with E-state index in [1.165, 1.54) is 6.07 Å². The maximum atomic E-state index is 13.2. The summed E-state index contributed by atoms with van der Waals surface area (Å²) in [7, 11) is 0. The van der Waals surface area contributed by atoms with Crippen molar-refractivity contribution in [2.75, 3.05) is 11.9 Å². The molecule has 0 saturated carbocycles. The lowest BCUT2D eigenvalue weighted by molar-refractivity contribution is 0.615. The highest BCUT2D eigenvalue weighted by Crippen LogP contribution is 2.11. The summed E-state index contributed by atoms with van der Waals surface area (Å²) < 4.78 is 15.1. The number of benzene rings is 1. The number of anilines is 1. The second kappa shape index (κ2) is 4.79. The summed E-state index contributed by atoms with van der Waals surface area (Å²) in [5.41, 5.74) is 1.53. The normalized spacial score (nSPS) is 10.4. The Morgan fingerprint density at radius 1 is 1.31 bits per heavy atom. The zero-order chi connectivity index (χ0) is 11.4. The van der Waals surface area contributed by atoms with Crippen LogP contribution in [0.15, 0.2) is 36.5 Å². The predicted molar refractivity (Wildman–Crippen MR) is 61.9 cm³/mol. The molecule has 0 aliphatic heterocycles. The standard InChI is InChI=1S/C12H14FN3/c1-10-6-8-16(15-10)9-7-14-12-5-3-2-4-11(12)13/h2-6,8,14H,7,9H2,1H3. The summed E-state index contributed by atoms with van der Waals surface area (Å²) in [6, 6.07) is 8.61. The second-order valence-electron chi connectivity index (χ2n) is 3.63. The number of hydrogen-bond acceptors (Lipinski definition) is 2. The minimum absolute atomic E-state index is 0.223. The molecular weight excluding hydrogens is 205 g/mol. The van der Waals surface area contributed by atoms with Gasteiger partial charge in [-0.1, -0.05) is 12.1 Å². The summed E-state index contributed by atoms with van der Waals surface area (Å²) >= 11 is 0. The second-order valence-corrected chi connectivity index (χ2v) is 3.63. The smallest absolute Gasteiger partial charge is 0.146 e. The molecule has 0 radical (unpaired) electrons. The topological polar surface area (TPSA) is 29.9 Å². The largest absolute Gasteiger partial charge is 0.381 e. The van der Waals surface area contributed by atoms with E-state index < -0.39 is 0 Å². The van der Waals surface area contributed by atoms with Crippen molar-refractivity contribution in [2.24, 2.45) is 0 Å². The third kappa shape index (κ3) is 2.59. The summed E-state index contributed by atoms with van der Waals surface area (Å²) in [5.74, 6) is -0.223. The molecular formula is C12H14FN3. The van der Waals surface area contributed by atoms with Crippen LogP contribution in [0, 0.1) is 12.7 Å². The van der Waals surface area contributed by atoms with Crippen LogP contribution < -0.4 is 5.32 Å². The Balaban J connectivity index is 1.87. The van der Waals surface area contributed by atoms with Crippen LogP contribution in [0.2, 0.25) is 0 Å². The van der Waals surface area contributed by atoms with Crippen molar-refractivity contribution in [1.82, 2.24) is 9.78 Å². The zero-order valence-electron chi connectivity index (χ0n) is 9.15. The summed E-state index contributed by atoms with van der Waals surface area (Å²) in [5, 5.41) is 7.28. The van der Waals surface area contributed by atoms with E-state index in [9.17, 15) is 4.39 Å². The molecule has 16 heavy (non-hydrogen) atoms. The third-order valence-corrected chi connectivity index (χ3v) is 2.30. The molecule has 1 aromatic heterocycles. The Bertz CT molecular complexity index is 465. The van der Waals surface area contributed by atoms with Crippen molar-refractivity contribution in [3.63, 3.8) is 0 Å². The van der Waals surface area contributed by atoms with Crippen LogP contribution in [-0.2, 0) is 6.54 Å².